The smallest absolute Gasteiger partial charge is 0.309 e. The predicted octanol–water partition coefficient (Wildman–Crippen LogP) is 2.86. The molecule has 1 aliphatic rings. The Kier molecular flexibility index (Phi) is 3.09. The molecular weight excluding hydrogens is 226 g/mol. The maximum Gasteiger partial charge on any atom is 0.309 e. The van der Waals surface area contributed by atoms with E-state index in [1.807, 2.05) is 0 Å². The van der Waals surface area contributed by atoms with Gasteiger partial charge in [-0.25, -0.2) is 0 Å². The van der Waals surface area contributed by atoms with Crippen LogP contribution < -0.4 is 4.90 Å². The van der Waals surface area contributed by atoms with Crippen molar-refractivity contribution in [2.75, 3.05) is 11.9 Å². The van der Waals surface area contributed by atoms with Gasteiger partial charge in [0.2, 0.25) is 0 Å². The third-order valence-electron chi connectivity index (χ3n) is 3.94. The highest BCUT2D eigenvalue weighted by molar-refractivity contribution is 5.74. The molecule has 18 heavy (non-hydrogen) atoms. The van der Waals surface area contributed by atoms with E-state index in [0.29, 0.717) is 6.42 Å². The van der Waals surface area contributed by atoms with Gasteiger partial charge in [0.05, 0.1) is 5.41 Å². The number of rotatable bonds is 3. The summed E-state index contributed by atoms with van der Waals surface area (Å²) in [4.78, 5) is 13.4. The molecule has 1 aromatic rings. The summed E-state index contributed by atoms with van der Waals surface area (Å²) in [6.45, 7) is 5.70. The molecule has 1 aliphatic heterocycles. The van der Waals surface area contributed by atoms with Gasteiger partial charge in [-0.2, -0.15) is 0 Å². The maximum absolute atomic E-state index is 11.2. The van der Waals surface area contributed by atoms with Crippen LogP contribution in [0.5, 0.6) is 0 Å². The van der Waals surface area contributed by atoms with Gasteiger partial charge >= 0.3 is 5.97 Å². The largest absolute Gasteiger partial charge is 0.481 e. The van der Waals surface area contributed by atoms with Crippen molar-refractivity contribution in [1.29, 1.82) is 0 Å². The van der Waals surface area contributed by atoms with Crippen molar-refractivity contribution in [1.82, 2.24) is 0 Å². The summed E-state index contributed by atoms with van der Waals surface area (Å²) >= 11 is 0. The zero-order valence-electron chi connectivity index (χ0n) is 11.5. The van der Waals surface area contributed by atoms with E-state index in [2.05, 4.69) is 37.1 Å². The third-order valence-corrected chi connectivity index (χ3v) is 3.94. The molecule has 3 heteroatoms. The van der Waals surface area contributed by atoms with Gasteiger partial charge in [0.25, 0.3) is 0 Å². The highest BCUT2D eigenvalue weighted by Gasteiger charge is 2.35. The lowest BCUT2D eigenvalue weighted by Crippen LogP contribution is -2.36. The summed E-state index contributed by atoms with van der Waals surface area (Å²) in [5.74, 6) is -0.719. The quantitative estimate of drug-likeness (QED) is 0.893. The number of hydrogen-bond acceptors (Lipinski definition) is 2. The van der Waals surface area contributed by atoms with Crippen LogP contribution in [0.3, 0.4) is 0 Å². The predicted molar refractivity (Wildman–Crippen MR) is 73.1 cm³/mol. The molecule has 0 aromatic heterocycles. The van der Waals surface area contributed by atoms with Crippen LogP contribution in [0, 0.1) is 12.3 Å². The molecule has 0 amide bonds. The van der Waals surface area contributed by atoms with Crippen LogP contribution in [0.15, 0.2) is 18.2 Å². The van der Waals surface area contributed by atoms with Crippen molar-refractivity contribution >= 4 is 11.7 Å². The van der Waals surface area contributed by atoms with Crippen molar-refractivity contribution in [2.24, 2.45) is 5.41 Å². The fourth-order valence-electron chi connectivity index (χ4n) is 2.69. The Morgan fingerprint density at radius 2 is 2.17 bits per heavy atom. The zero-order chi connectivity index (χ0) is 13.5. The second-order valence-electron chi connectivity index (χ2n) is 5.99. The van der Waals surface area contributed by atoms with Gasteiger partial charge < -0.3 is 10.0 Å². The molecule has 0 radical (unpaired) electrons. The van der Waals surface area contributed by atoms with E-state index in [1.165, 1.54) is 16.8 Å². The topological polar surface area (TPSA) is 40.5 Å². The van der Waals surface area contributed by atoms with Crippen molar-refractivity contribution in [3.63, 3.8) is 0 Å². The normalized spacial score (nSPS) is 18.9. The molecular formula is C15H21NO2. The minimum absolute atomic E-state index is 0.285. The van der Waals surface area contributed by atoms with E-state index in [1.54, 1.807) is 13.8 Å². The molecule has 0 bridgehead atoms. The maximum atomic E-state index is 11.2. The van der Waals surface area contributed by atoms with Crippen molar-refractivity contribution in [2.45, 2.75) is 39.7 Å². The fraction of sp³-hybridized carbons (Fsp3) is 0.533. The molecule has 0 saturated heterocycles. The number of aliphatic carboxylic acids is 1. The highest BCUT2D eigenvalue weighted by Crippen LogP contribution is 2.36. The number of fused-ring (bicyclic) bond motifs is 1. The van der Waals surface area contributed by atoms with E-state index in [0.717, 1.165) is 6.42 Å². The number of likely N-dealkylation sites (N-methyl/N-ethyl adjacent to an activating group) is 1. The summed E-state index contributed by atoms with van der Waals surface area (Å²) < 4.78 is 0. The minimum atomic E-state index is -0.719. The number of carboxylic acids is 1. The molecule has 1 unspecified atom stereocenters. The van der Waals surface area contributed by atoms with Crippen LogP contribution >= 0.6 is 0 Å². The first-order valence-corrected chi connectivity index (χ1v) is 6.37. The Morgan fingerprint density at radius 1 is 1.50 bits per heavy atom. The molecule has 0 saturated carbocycles. The van der Waals surface area contributed by atoms with Crippen LogP contribution in [0.25, 0.3) is 0 Å². The SMILES string of the molecule is Cc1ccc2c(c1)CC(CC(C)(C)C(=O)O)N2C. The molecule has 0 aliphatic carbocycles. The van der Waals surface area contributed by atoms with Gasteiger partial charge in [-0.15, -0.1) is 0 Å². The lowest BCUT2D eigenvalue weighted by molar-refractivity contribution is -0.147. The zero-order valence-corrected chi connectivity index (χ0v) is 11.5. The summed E-state index contributed by atoms with van der Waals surface area (Å²) in [7, 11) is 2.06. The average molecular weight is 247 g/mol. The van der Waals surface area contributed by atoms with Gasteiger partial charge in [0.1, 0.15) is 0 Å². The lowest BCUT2D eigenvalue weighted by Gasteiger charge is -2.29. The first-order chi connectivity index (χ1) is 8.31. The van der Waals surface area contributed by atoms with E-state index in [4.69, 9.17) is 0 Å². The first-order valence-electron chi connectivity index (χ1n) is 6.37. The van der Waals surface area contributed by atoms with Gasteiger partial charge in [-0.05, 0) is 45.2 Å². The molecule has 98 valence electrons. The van der Waals surface area contributed by atoms with E-state index < -0.39 is 11.4 Å². The summed E-state index contributed by atoms with van der Waals surface area (Å²) in [5, 5.41) is 9.23. The number of benzene rings is 1. The number of nitrogens with zero attached hydrogens (tertiary/aromatic N) is 1. The van der Waals surface area contributed by atoms with E-state index in [9.17, 15) is 9.90 Å². The lowest BCUT2D eigenvalue weighted by atomic mass is 9.85. The number of anilines is 1. The van der Waals surface area contributed by atoms with Gasteiger partial charge in [-0.1, -0.05) is 17.7 Å². The van der Waals surface area contributed by atoms with Crippen LogP contribution in [0.2, 0.25) is 0 Å². The van der Waals surface area contributed by atoms with Gasteiger partial charge in [-0.3, -0.25) is 4.79 Å². The van der Waals surface area contributed by atoms with Crippen LogP contribution in [-0.4, -0.2) is 24.2 Å². The number of carboxylic acid groups (broad SMARTS) is 1. The molecule has 1 heterocycles. The molecule has 1 aromatic carbocycles. The second kappa shape index (κ2) is 4.30. The minimum Gasteiger partial charge on any atom is -0.481 e. The Hall–Kier alpha value is -1.51. The van der Waals surface area contributed by atoms with Gasteiger partial charge in [0, 0.05) is 18.8 Å². The van der Waals surface area contributed by atoms with Crippen LogP contribution in [0.1, 0.15) is 31.4 Å². The first kappa shape index (κ1) is 12.9. The molecule has 1 atom stereocenters. The van der Waals surface area contributed by atoms with Gasteiger partial charge in [0.15, 0.2) is 0 Å². The number of carbonyl (C=O) groups is 1. The Labute approximate surface area is 108 Å². The average Bonchev–Trinajstić information content (AvgIpc) is 2.54. The van der Waals surface area contributed by atoms with Crippen molar-refractivity contribution in [3.8, 4) is 0 Å². The molecule has 0 spiro atoms. The monoisotopic (exact) mass is 247 g/mol. The van der Waals surface area contributed by atoms with E-state index >= 15 is 0 Å². The summed E-state index contributed by atoms with van der Waals surface area (Å²) in [5.41, 5.74) is 3.17. The van der Waals surface area contributed by atoms with Crippen LogP contribution in [-0.2, 0) is 11.2 Å². The molecule has 2 rings (SSSR count). The Bertz CT molecular complexity index is 479. The molecule has 3 nitrogen and oxygen atoms in total. The highest BCUT2D eigenvalue weighted by atomic mass is 16.4. The molecule has 1 N–H and O–H groups in total. The molecule has 0 fully saturated rings. The van der Waals surface area contributed by atoms with Crippen LogP contribution in [0.4, 0.5) is 5.69 Å². The van der Waals surface area contributed by atoms with Crippen molar-refractivity contribution in [3.05, 3.63) is 29.3 Å². The number of aryl methyl sites for hydroxylation is 1. The Balaban J connectivity index is 2.19. The third kappa shape index (κ3) is 2.22. The second-order valence-corrected chi connectivity index (χ2v) is 5.99. The Morgan fingerprint density at radius 3 is 2.78 bits per heavy atom. The summed E-state index contributed by atoms with van der Waals surface area (Å²) in [6, 6.07) is 6.74. The van der Waals surface area contributed by atoms with E-state index in [-0.39, 0.29) is 6.04 Å². The standard InChI is InChI=1S/C15H21NO2/c1-10-5-6-13-11(7-10)8-12(16(13)4)9-15(2,3)14(17)18/h5-7,12H,8-9H2,1-4H3,(H,17,18). The summed E-state index contributed by atoms with van der Waals surface area (Å²) in [6.07, 6.45) is 1.62. The number of hydrogen-bond donors (Lipinski definition) is 1. The fourth-order valence-corrected chi connectivity index (χ4v) is 2.69. The van der Waals surface area contributed by atoms with Crippen molar-refractivity contribution < 1.29 is 9.90 Å².